The first-order chi connectivity index (χ1) is 14.8. The average Bonchev–Trinajstić information content (AvgIpc) is 3.34. The molecule has 0 bridgehead atoms. The number of carbonyl (C=O) groups excluding carboxylic acids is 1. The summed E-state index contributed by atoms with van der Waals surface area (Å²) < 4.78 is 7.23. The summed E-state index contributed by atoms with van der Waals surface area (Å²) in [6.07, 6.45) is 2.13. The monoisotopic (exact) mass is 457 g/mol. The van der Waals surface area contributed by atoms with Crippen LogP contribution >= 0.6 is 23.1 Å². The molecule has 1 amide bonds. The van der Waals surface area contributed by atoms with Crippen LogP contribution in [-0.4, -0.2) is 40.5 Å². The molecule has 1 atom stereocenters. The molecule has 1 aliphatic heterocycles. The standard InChI is InChI=1S/C23H27N3O3S2/c1-13-7-8-18(14(2)10-13)26-22(28)20-15(3)16(4)31-21(20)25-23(26)30-12-19(27)24-11-17-6-5-9-29-17/h7-8,10,17H,5-6,9,11-12H2,1-4H3,(H,24,27). The van der Waals surface area contributed by atoms with Crippen molar-refractivity contribution in [3.8, 4) is 5.69 Å². The van der Waals surface area contributed by atoms with Crippen LogP contribution < -0.4 is 10.9 Å². The van der Waals surface area contributed by atoms with E-state index in [2.05, 4.69) is 11.4 Å². The quantitative estimate of drug-likeness (QED) is 0.446. The summed E-state index contributed by atoms with van der Waals surface area (Å²) in [5, 5.41) is 4.14. The molecule has 4 rings (SSSR count). The molecule has 1 N–H and O–H groups in total. The van der Waals surface area contributed by atoms with Gasteiger partial charge in [-0.25, -0.2) is 4.98 Å². The number of amides is 1. The maximum Gasteiger partial charge on any atom is 0.267 e. The van der Waals surface area contributed by atoms with Gasteiger partial charge in [0.1, 0.15) is 4.83 Å². The summed E-state index contributed by atoms with van der Waals surface area (Å²) in [5.41, 5.74) is 3.82. The van der Waals surface area contributed by atoms with Gasteiger partial charge in [-0.3, -0.25) is 14.2 Å². The molecular weight excluding hydrogens is 430 g/mol. The molecule has 2 aromatic heterocycles. The van der Waals surface area contributed by atoms with Gasteiger partial charge >= 0.3 is 0 Å². The minimum absolute atomic E-state index is 0.0823. The van der Waals surface area contributed by atoms with Gasteiger partial charge in [0, 0.05) is 18.0 Å². The Hall–Kier alpha value is -2.16. The van der Waals surface area contributed by atoms with Crippen LogP contribution in [0.3, 0.4) is 0 Å². The van der Waals surface area contributed by atoms with Crippen molar-refractivity contribution >= 4 is 39.2 Å². The molecule has 0 aliphatic carbocycles. The summed E-state index contributed by atoms with van der Waals surface area (Å²) in [7, 11) is 0. The Morgan fingerprint density at radius 2 is 2.13 bits per heavy atom. The Labute approximate surface area is 190 Å². The Morgan fingerprint density at radius 3 is 2.84 bits per heavy atom. The van der Waals surface area contributed by atoms with Gasteiger partial charge in [-0.05, 0) is 57.7 Å². The highest BCUT2D eigenvalue weighted by Crippen LogP contribution is 2.30. The zero-order valence-corrected chi connectivity index (χ0v) is 19.9. The van der Waals surface area contributed by atoms with E-state index < -0.39 is 0 Å². The molecule has 1 saturated heterocycles. The topological polar surface area (TPSA) is 73.2 Å². The number of aryl methyl sites for hydroxylation is 4. The van der Waals surface area contributed by atoms with Crippen LogP contribution in [0.2, 0.25) is 0 Å². The van der Waals surface area contributed by atoms with Crippen molar-refractivity contribution in [1.29, 1.82) is 0 Å². The van der Waals surface area contributed by atoms with E-state index in [0.29, 0.717) is 17.1 Å². The fourth-order valence-electron chi connectivity index (χ4n) is 3.85. The normalized spacial score (nSPS) is 16.2. The Balaban J connectivity index is 1.67. The number of fused-ring (bicyclic) bond motifs is 1. The molecule has 3 heterocycles. The van der Waals surface area contributed by atoms with Crippen LogP contribution in [0, 0.1) is 27.7 Å². The van der Waals surface area contributed by atoms with E-state index in [9.17, 15) is 9.59 Å². The number of benzene rings is 1. The molecule has 0 spiro atoms. The number of ether oxygens (including phenoxy) is 1. The second-order valence-electron chi connectivity index (χ2n) is 8.02. The summed E-state index contributed by atoms with van der Waals surface area (Å²) in [5.74, 6) is 0.111. The zero-order valence-electron chi connectivity index (χ0n) is 18.3. The fourth-order valence-corrected chi connectivity index (χ4v) is 5.76. The first kappa shape index (κ1) is 22.0. The highest BCUT2D eigenvalue weighted by molar-refractivity contribution is 7.99. The number of thioether (sulfide) groups is 1. The maximum atomic E-state index is 13.6. The van der Waals surface area contributed by atoms with E-state index in [1.54, 1.807) is 4.57 Å². The van der Waals surface area contributed by atoms with E-state index in [1.165, 1.54) is 23.1 Å². The number of rotatable bonds is 6. The molecule has 1 aromatic carbocycles. The lowest BCUT2D eigenvalue weighted by Crippen LogP contribution is -2.33. The smallest absolute Gasteiger partial charge is 0.267 e. The van der Waals surface area contributed by atoms with E-state index in [0.717, 1.165) is 51.5 Å². The SMILES string of the molecule is Cc1ccc(-n2c(SCC(=O)NCC3CCCO3)nc3sc(C)c(C)c3c2=O)c(C)c1. The number of nitrogens with one attached hydrogen (secondary N) is 1. The lowest BCUT2D eigenvalue weighted by molar-refractivity contribution is -0.119. The number of carbonyl (C=O) groups is 1. The lowest BCUT2D eigenvalue weighted by Gasteiger charge is -2.15. The highest BCUT2D eigenvalue weighted by Gasteiger charge is 2.20. The number of nitrogens with zero attached hydrogens (tertiary/aromatic N) is 2. The van der Waals surface area contributed by atoms with Crippen molar-refractivity contribution in [2.24, 2.45) is 0 Å². The van der Waals surface area contributed by atoms with Crippen molar-refractivity contribution in [1.82, 2.24) is 14.9 Å². The van der Waals surface area contributed by atoms with Crippen molar-refractivity contribution in [2.75, 3.05) is 18.9 Å². The summed E-state index contributed by atoms with van der Waals surface area (Å²) >= 11 is 2.82. The third-order valence-electron chi connectivity index (χ3n) is 5.65. The molecule has 8 heteroatoms. The van der Waals surface area contributed by atoms with Crippen molar-refractivity contribution in [3.05, 3.63) is 50.1 Å². The van der Waals surface area contributed by atoms with Gasteiger partial charge in [-0.1, -0.05) is 29.5 Å². The third kappa shape index (κ3) is 4.56. The molecular formula is C23H27N3O3S2. The van der Waals surface area contributed by atoms with Gasteiger partial charge in [0.15, 0.2) is 5.16 Å². The molecule has 0 radical (unpaired) electrons. The Kier molecular flexibility index (Phi) is 6.50. The molecule has 164 valence electrons. The van der Waals surface area contributed by atoms with Crippen LogP contribution in [0.5, 0.6) is 0 Å². The van der Waals surface area contributed by atoms with Gasteiger partial charge < -0.3 is 10.1 Å². The molecule has 1 aliphatic rings. The first-order valence-corrected chi connectivity index (χ1v) is 12.3. The number of aromatic nitrogens is 2. The maximum absolute atomic E-state index is 13.6. The van der Waals surface area contributed by atoms with Gasteiger partial charge in [-0.2, -0.15) is 0 Å². The molecule has 1 unspecified atom stereocenters. The minimum atomic E-state index is -0.0828. The van der Waals surface area contributed by atoms with Crippen molar-refractivity contribution in [2.45, 2.75) is 51.8 Å². The van der Waals surface area contributed by atoms with Crippen LogP contribution in [0.25, 0.3) is 15.9 Å². The fraction of sp³-hybridized carbons (Fsp3) is 0.435. The van der Waals surface area contributed by atoms with E-state index in [-0.39, 0.29) is 23.3 Å². The van der Waals surface area contributed by atoms with Crippen LogP contribution in [0.15, 0.2) is 28.2 Å². The Morgan fingerprint density at radius 1 is 1.32 bits per heavy atom. The molecule has 6 nitrogen and oxygen atoms in total. The number of hydrogen-bond donors (Lipinski definition) is 1. The lowest BCUT2D eigenvalue weighted by atomic mass is 10.1. The number of thiophene rings is 1. The van der Waals surface area contributed by atoms with E-state index >= 15 is 0 Å². The van der Waals surface area contributed by atoms with Crippen LogP contribution in [0.4, 0.5) is 0 Å². The second kappa shape index (κ2) is 9.14. The summed E-state index contributed by atoms with van der Waals surface area (Å²) in [6, 6.07) is 6.00. The highest BCUT2D eigenvalue weighted by atomic mass is 32.2. The summed E-state index contributed by atoms with van der Waals surface area (Å²) in [6.45, 7) is 9.29. The molecule has 3 aromatic rings. The minimum Gasteiger partial charge on any atom is -0.376 e. The van der Waals surface area contributed by atoms with Crippen LogP contribution in [0.1, 0.15) is 34.4 Å². The molecule has 1 fully saturated rings. The predicted octanol–water partition coefficient (Wildman–Crippen LogP) is 4.07. The van der Waals surface area contributed by atoms with Gasteiger partial charge in [0.2, 0.25) is 5.91 Å². The van der Waals surface area contributed by atoms with Gasteiger partial charge in [0.05, 0.1) is 22.9 Å². The zero-order chi connectivity index (χ0) is 22.1. The molecule has 31 heavy (non-hydrogen) atoms. The van der Waals surface area contributed by atoms with E-state index in [4.69, 9.17) is 9.72 Å². The molecule has 0 saturated carbocycles. The summed E-state index contributed by atoms with van der Waals surface area (Å²) in [4.78, 5) is 32.6. The second-order valence-corrected chi connectivity index (χ2v) is 10.2. The predicted molar refractivity (Wildman–Crippen MR) is 127 cm³/mol. The van der Waals surface area contributed by atoms with Crippen LogP contribution in [-0.2, 0) is 9.53 Å². The first-order valence-electron chi connectivity index (χ1n) is 10.5. The van der Waals surface area contributed by atoms with Gasteiger partial charge in [0.25, 0.3) is 5.56 Å². The third-order valence-corrected chi connectivity index (χ3v) is 7.69. The Bertz CT molecular complexity index is 1190. The van der Waals surface area contributed by atoms with Crippen molar-refractivity contribution < 1.29 is 9.53 Å². The largest absolute Gasteiger partial charge is 0.376 e. The average molecular weight is 458 g/mol. The van der Waals surface area contributed by atoms with Gasteiger partial charge in [-0.15, -0.1) is 11.3 Å². The van der Waals surface area contributed by atoms with E-state index in [1.807, 2.05) is 39.8 Å². The van der Waals surface area contributed by atoms with Crippen molar-refractivity contribution in [3.63, 3.8) is 0 Å². The number of hydrogen-bond acceptors (Lipinski definition) is 6.